The summed E-state index contributed by atoms with van der Waals surface area (Å²) in [4.78, 5) is 11.4. The van der Waals surface area contributed by atoms with E-state index in [-0.39, 0.29) is 17.5 Å². The molecule has 3 N–H and O–H groups in total. The summed E-state index contributed by atoms with van der Waals surface area (Å²) in [6.45, 7) is 5.71. The molecule has 0 heterocycles. The van der Waals surface area contributed by atoms with Crippen LogP contribution in [0.4, 0.5) is 10.1 Å². The van der Waals surface area contributed by atoms with Gasteiger partial charge in [0.1, 0.15) is 5.82 Å². The quantitative estimate of drug-likeness (QED) is 0.833. The van der Waals surface area contributed by atoms with Crippen LogP contribution in [0.5, 0.6) is 0 Å². The van der Waals surface area contributed by atoms with Gasteiger partial charge in [-0.25, -0.2) is 4.39 Å². The van der Waals surface area contributed by atoms with Crippen molar-refractivity contribution in [2.75, 3.05) is 5.73 Å². The lowest BCUT2D eigenvalue weighted by molar-refractivity contribution is -0.140. The number of carboxylic acids is 1. The molecule has 100 valence electrons. The van der Waals surface area contributed by atoms with Crippen molar-refractivity contribution >= 4 is 27.6 Å². The van der Waals surface area contributed by atoms with E-state index in [9.17, 15) is 14.3 Å². The van der Waals surface area contributed by atoms with Crippen molar-refractivity contribution in [2.45, 2.75) is 26.7 Å². The Labute approximate surface area is 114 Å². The fraction of sp³-hybridized carbons (Fsp3) is 0.462. The molecule has 0 aliphatic rings. The third kappa shape index (κ3) is 3.02. The lowest BCUT2D eigenvalue weighted by atomic mass is 9.80. The van der Waals surface area contributed by atoms with Crippen molar-refractivity contribution < 1.29 is 14.3 Å². The Morgan fingerprint density at radius 1 is 1.39 bits per heavy atom. The van der Waals surface area contributed by atoms with Gasteiger partial charge in [0.15, 0.2) is 0 Å². The molecule has 2 unspecified atom stereocenters. The van der Waals surface area contributed by atoms with Crippen molar-refractivity contribution in [3.05, 3.63) is 28.0 Å². The number of nitrogens with two attached hydrogens (primary N) is 1. The fourth-order valence-corrected chi connectivity index (χ4v) is 2.34. The molecular formula is C13H17BrFNO2. The van der Waals surface area contributed by atoms with Crippen LogP contribution in [-0.4, -0.2) is 11.1 Å². The SMILES string of the molecule is CC(C)C(C)C(C(=O)O)c1cc(F)cc(Br)c1N. The highest BCUT2D eigenvalue weighted by atomic mass is 79.9. The average molecular weight is 318 g/mol. The molecule has 18 heavy (non-hydrogen) atoms. The molecule has 1 aromatic rings. The zero-order valence-corrected chi connectivity index (χ0v) is 12.2. The number of anilines is 1. The molecule has 0 spiro atoms. The fourth-order valence-electron chi connectivity index (χ4n) is 1.89. The maximum Gasteiger partial charge on any atom is 0.311 e. The predicted octanol–water partition coefficient (Wildman–Crippen LogP) is 3.63. The first-order valence-corrected chi connectivity index (χ1v) is 6.52. The van der Waals surface area contributed by atoms with Gasteiger partial charge in [0.25, 0.3) is 0 Å². The van der Waals surface area contributed by atoms with E-state index in [1.165, 1.54) is 12.1 Å². The monoisotopic (exact) mass is 317 g/mol. The van der Waals surface area contributed by atoms with E-state index in [1.54, 1.807) is 0 Å². The maximum absolute atomic E-state index is 13.4. The number of hydrogen-bond acceptors (Lipinski definition) is 2. The summed E-state index contributed by atoms with van der Waals surface area (Å²) < 4.78 is 13.8. The van der Waals surface area contributed by atoms with Gasteiger partial charge < -0.3 is 10.8 Å². The first-order chi connectivity index (χ1) is 8.25. The number of nitrogen functional groups attached to an aromatic ring is 1. The second-order valence-corrected chi connectivity index (χ2v) is 5.66. The van der Waals surface area contributed by atoms with E-state index in [4.69, 9.17) is 5.73 Å². The van der Waals surface area contributed by atoms with Gasteiger partial charge in [-0.05, 0) is 45.5 Å². The molecule has 0 saturated heterocycles. The van der Waals surface area contributed by atoms with E-state index in [0.717, 1.165) is 0 Å². The highest BCUT2D eigenvalue weighted by Crippen LogP contribution is 2.37. The van der Waals surface area contributed by atoms with Gasteiger partial charge in [0.2, 0.25) is 0 Å². The summed E-state index contributed by atoms with van der Waals surface area (Å²) in [5.41, 5.74) is 6.47. The Kier molecular flexibility index (Phi) is 4.73. The number of benzene rings is 1. The van der Waals surface area contributed by atoms with Crippen LogP contribution in [-0.2, 0) is 4.79 Å². The van der Waals surface area contributed by atoms with Crippen LogP contribution >= 0.6 is 15.9 Å². The molecular weight excluding hydrogens is 301 g/mol. The number of rotatable bonds is 4. The molecule has 0 aliphatic heterocycles. The maximum atomic E-state index is 13.4. The van der Waals surface area contributed by atoms with Crippen LogP contribution in [0.25, 0.3) is 0 Å². The Hall–Kier alpha value is -1.10. The van der Waals surface area contributed by atoms with Gasteiger partial charge >= 0.3 is 5.97 Å². The average Bonchev–Trinajstić information content (AvgIpc) is 2.24. The molecule has 1 aromatic carbocycles. The second-order valence-electron chi connectivity index (χ2n) is 4.81. The zero-order chi connectivity index (χ0) is 14.0. The first kappa shape index (κ1) is 15.0. The van der Waals surface area contributed by atoms with Crippen molar-refractivity contribution in [1.82, 2.24) is 0 Å². The molecule has 0 amide bonds. The Morgan fingerprint density at radius 2 is 1.94 bits per heavy atom. The summed E-state index contributed by atoms with van der Waals surface area (Å²) in [6.07, 6.45) is 0. The van der Waals surface area contributed by atoms with Crippen LogP contribution in [0.2, 0.25) is 0 Å². The molecule has 0 fully saturated rings. The highest BCUT2D eigenvalue weighted by Gasteiger charge is 2.31. The molecule has 0 saturated carbocycles. The van der Waals surface area contributed by atoms with Crippen molar-refractivity contribution in [2.24, 2.45) is 11.8 Å². The van der Waals surface area contributed by atoms with E-state index in [2.05, 4.69) is 15.9 Å². The van der Waals surface area contributed by atoms with E-state index >= 15 is 0 Å². The summed E-state index contributed by atoms with van der Waals surface area (Å²) in [7, 11) is 0. The number of halogens is 2. The predicted molar refractivity (Wildman–Crippen MR) is 72.9 cm³/mol. The van der Waals surface area contributed by atoms with E-state index in [0.29, 0.717) is 10.0 Å². The second kappa shape index (κ2) is 5.69. The molecule has 5 heteroatoms. The molecule has 3 nitrogen and oxygen atoms in total. The molecule has 1 rings (SSSR count). The smallest absolute Gasteiger partial charge is 0.311 e. The number of aliphatic carboxylic acids is 1. The van der Waals surface area contributed by atoms with Gasteiger partial charge in [0, 0.05) is 4.47 Å². The van der Waals surface area contributed by atoms with E-state index in [1.807, 2.05) is 20.8 Å². The third-order valence-electron chi connectivity index (χ3n) is 3.30. The van der Waals surface area contributed by atoms with Crippen LogP contribution in [0.1, 0.15) is 32.3 Å². The zero-order valence-electron chi connectivity index (χ0n) is 10.6. The van der Waals surface area contributed by atoms with Crippen LogP contribution in [0, 0.1) is 17.7 Å². The van der Waals surface area contributed by atoms with Gasteiger partial charge in [-0.3, -0.25) is 4.79 Å². The highest BCUT2D eigenvalue weighted by molar-refractivity contribution is 9.10. The molecule has 0 aromatic heterocycles. The molecule has 2 atom stereocenters. The summed E-state index contributed by atoms with van der Waals surface area (Å²) >= 11 is 3.14. The Morgan fingerprint density at radius 3 is 2.39 bits per heavy atom. The lowest BCUT2D eigenvalue weighted by Crippen LogP contribution is -2.24. The van der Waals surface area contributed by atoms with E-state index < -0.39 is 17.7 Å². The summed E-state index contributed by atoms with van der Waals surface area (Å²) in [5.74, 6) is -2.27. The Balaban J connectivity index is 3.35. The van der Waals surface area contributed by atoms with Crippen molar-refractivity contribution in [3.63, 3.8) is 0 Å². The number of hydrogen-bond donors (Lipinski definition) is 2. The lowest BCUT2D eigenvalue weighted by Gasteiger charge is -2.25. The summed E-state index contributed by atoms with van der Waals surface area (Å²) in [6, 6.07) is 2.44. The first-order valence-electron chi connectivity index (χ1n) is 5.73. The summed E-state index contributed by atoms with van der Waals surface area (Å²) in [5, 5.41) is 9.36. The molecule has 0 bridgehead atoms. The van der Waals surface area contributed by atoms with Crippen LogP contribution in [0.15, 0.2) is 16.6 Å². The Bertz CT molecular complexity index is 463. The van der Waals surface area contributed by atoms with Crippen LogP contribution in [0.3, 0.4) is 0 Å². The standard InChI is InChI=1S/C13H17BrFNO2/c1-6(2)7(3)11(13(17)18)9-4-8(15)5-10(14)12(9)16/h4-7,11H,16H2,1-3H3,(H,17,18). The van der Waals surface area contributed by atoms with Gasteiger partial charge in [-0.2, -0.15) is 0 Å². The van der Waals surface area contributed by atoms with Gasteiger partial charge in [-0.1, -0.05) is 20.8 Å². The normalized spacial score (nSPS) is 14.6. The number of carbonyl (C=O) groups is 1. The minimum absolute atomic E-state index is 0.140. The van der Waals surface area contributed by atoms with Crippen LogP contribution < -0.4 is 5.73 Å². The third-order valence-corrected chi connectivity index (χ3v) is 3.96. The van der Waals surface area contributed by atoms with Crippen molar-refractivity contribution in [1.29, 1.82) is 0 Å². The molecule has 0 radical (unpaired) electrons. The minimum Gasteiger partial charge on any atom is -0.481 e. The topological polar surface area (TPSA) is 63.3 Å². The molecule has 0 aliphatic carbocycles. The largest absolute Gasteiger partial charge is 0.481 e. The van der Waals surface area contributed by atoms with Crippen molar-refractivity contribution in [3.8, 4) is 0 Å². The minimum atomic E-state index is -0.986. The van der Waals surface area contributed by atoms with Gasteiger partial charge in [0.05, 0.1) is 11.6 Å². The van der Waals surface area contributed by atoms with Gasteiger partial charge in [-0.15, -0.1) is 0 Å². The number of carboxylic acid groups (broad SMARTS) is 1.